The average Bonchev–Trinajstić information content (AvgIpc) is 3.27. The lowest BCUT2D eigenvalue weighted by molar-refractivity contribution is 0.0702. The number of likely N-dealkylation sites (tertiary alicyclic amines) is 1. The van der Waals surface area contributed by atoms with Gasteiger partial charge in [0.25, 0.3) is 11.9 Å². The molecule has 1 aliphatic heterocycles. The molecule has 25 heavy (non-hydrogen) atoms. The Bertz CT molecular complexity index is 805. The summed E-state index contributed by atoms with van der Waals surface area (Å²) in [6.45, 7) is 8.92. The molecule has 2 aliphatic rings. The van der Waals surface area contributed by atoms with E-state index in [1.165, 1.54) is 6.42 Å². The molecule has 0 N–H and O–H groups in total. The van der Waals surface area contributed by atoms with Crippen LogP contribution in [0.15, 0.2) is 12.3 Å². The highest BCUT2D eigenvalue weighted by atomic mass is 16.2. The number of hydrogen-bond donors (Lipinski definition) is 0. The van der Waals surface area contributed by atoms with Gasteiger partial charge in [0.05, 0.1) is 11.3 Å². The number of aryl methyl sites for hydroxylation is 2. The van der Waals surface area contributed by atoms with Crippen LogP contribution in [-0.2, 0) is 0 Å². The molecule has 4 rings (SSSR count). The van der Waals surface area contributed by atoms with Gasteiger partial charge >= 0.3 is 0 Å². The summed E-state index contributed by atoms with van der Waals surface area (Å²) in [7, 11) is 0. The summed E-state index contributed by atoms with van der Waals surface area (Å²) >= 11 is 0. The molecule has 1 amide bonds. The molecular weight excluding hydrogens is 314 g/mol. The van der Waals surface area contributed by atoms with Crippen molar-refractivity contribution in [2.24, 2.45) is 5.92 Å². The van der Waals surface area contributed by atoms with Gasteiger partial charge in [0.15, 0.2) is 0 Å². The summed E-state index contributed by atoms with van der Waals surface area (Å²) in [5.41, 5.74) is 3.32. The molecule has 2 atom stereocenters. The lowest BCUT2D eigenvalue weighted by Crippen LogP contribution is -2.37. The Morgan fingerprint density at radius 3 is 2.48 bits per heavy atom. The van der Waals surface area contributed by atoms with Gasteiger partial charge in [-0.25, -0.2) is 14.6 Å². The fourth-order valence-corrected chi connectivity index (χ4v) is 4.22. The van der Waals surface area contributed by atoms with E-state index in [-0.39, 0.29) is 11.8 Å². The Kier molecular flexibility index (Phi) is 3.85. The second kappa shape index (κ2) is 5.93. The molecule has 6 heteroatoms. The first-order valence-electron chi connectivity index (χ1n) is 9.15. The fraction of sp³-hybridized carbons (Fsp3) is 0.579. The first kappa shape index (κ1) is 16.2. The van der Waals surface area contributed by atoms with Crippen LogP contribution in [0.4, 0.5) is 0 Å². The molecule has 2 aromatic heterocycles. The summed E-state index contributed by atoms with van der Waals surface area (Å²) in [5.74, 6) is 1.51. The summed E-state index contributed by atoms with van der Waals surface area (Å²) < 4.78 is 1.66. The minimum atomic E-state index is 0.117. The maximum Gasteiger partial charge on any atom is 0.257 e. The molecular formula is C19H25N5O. The molecule has 2 aromatic rings. The van der Waals surface area contributed by atoms with Crippen molar-refractivity contribution in [3.05, 3.63) is 34.9 Å². The molecule has 1 aliphatic carbocycles. The van der Waals surface area contributed by atoms with Crippen LogP contribution in [0.5, 0.6) is 0 Å². The zero-order valence-electron chi connectivity index (χ0n) is 15.4. The quantitative estimate of drug-likeness (QED) is 0.862. The van der Waals surface area contributed by atoms with Crippen LogP contribution >= 0.6 is 0 Å². The molecule has 2 unspecified atom stereocenters. The van der Waals surface area contributed by atoms with Gasteiger partial charge in [-0.1, -0.05) is 13.8 Å². The molecule has 2 fully saturated rings. The third-order valence-electron chi connectivity index (χ3n) is 5.37. The van der Waals surface area contributed by atoms with Crippen molar-refractivity contribution in [1.82, 2.24) is 24.6 Å². The number of rotatable bonds is 3. The Hall–Kier alpha value is -2.24. The number of carbonyl (C=O) groups is 1. The Balaban J connectivity index is 1.72. The number of aromatic nitrogens is 4. The number of fused-ring (bicyclic) bond motifs is 2. The predicted molar refractivity (Wildman–Crippen MR) is 94.9 cm³/mol. The molecule has 132 valence electrons. The van der Waals surface area contributed by atoms with E-state index in [2.05, 4.69) is 33.8 Å². The van der Waals surface area contributed by atoms with E-state index in [1.807, 2.05) is 26.1 Å². The number of nitrogens with zero attached hydrogens (tertiary/aromatic N) is 5. The van der Waals surface area contributed by atoms with Crippen molar-refractivity contribution in [3.63, 3.8) is 0 Å². The van der Waals surface area contributed by atoms with Gasteiger partial charge in [-0.3, -0.25) is 4.79 Å². The first-order chi connectivity index (χ1) is 11.9. The summed E-state index contributed by atoms with van der Waals surface area (Å²) in [6.07, 6.45) is 5.39. The second-order valence-corrected chi connectivity index (χ2v) is 7.77. The summed E-state index contributed by atoms with van der Waals surface area (Å²) in [4.78, 5) is 24.2. The van der Waals surface area contributed by atoms with Crippen LogP contribution < -0.4 is 0 Å². The standard InChI is InChI=1S/C19H25N5O/c1-11(2)17-16(18(25)23-9-14-5-6-15(23)8-14)10-24(22-17)19-20-12(3)7-13(4)21-19/h7,10-11,14-15H,5-6,8-9H2,1-4H3. The van der Waals surface area contributed by atoms with Gasteiger partial charge < -0.3 is 4.90 Å². The van der Waals surface area contributed by atoms with E-state index >= 15 is 0 Å². The monoisotopic (exact) mass is 339 g/mol. The zero-order chi connectivity index (χ0) is 17.7. The second-order valence-electron chi connectivity index (χ2n) is 7.77. The van der Waals surface area contributed by atoms with Crippen LogP contribution in [0.25, 0.3) is 5.95 Å². The molecule has 6 nitrogen and oxygen atoms in total. The van der Waals surface area contributed by atoms with E-state index < -0.39 is 0 Å². The fourth-order valence-electron chi connectivity index (χ4n) is 4.22. The van der Waals surface area contributed by atoms with Crippen molar-refractivity contribution < 1.29 is 4.79 Å². The van der Waals surface area contributed by atoms with E-state index in [0.29, 0.717) is 23.5 Å². The largest absolute Gasteiger partial charge is 0.335 e. The van der Waals surface area contributed by atoms with Crippen LogP contribution in [0.2, 0.25) is 0 Å². The smallest absolute Gasteiger partial charge is 0.257 e. The van der Waals surface area contributed by atoms with Crippen LogP contribution in [-0.4, -0.2) is 43.1 Å². The minimum absolute atomic E-state index is 0.117. The number of amides is 1. The lowest BCUT2D eigenvalue weighted by Gasteiger charge is -2.27. The van der Waals surface area contributed by atoms with E-state index in [1.54, 1.807) is 4.68 Å². The lowest BCUT2D eigenvalue weighted by atomic mass is 10.0. The highest BCUT2D eigenvalue weighted by Crippen LogP contribution is 2.38. The topological polar surface area (TPSA) is 63.9 Å². The van der Waals surface area contributed by atoms with Gasteiger partial charge in [0, 0.05) is 30.2 Å². The third kappa shape index (κ3) is 2.83. The van der Waals surface area contributed by atoms with Gasteiger partial charge in [-0.15, -0.1) is 0 Å². The molecule has 0 spiro atoms. The number of hydrogen-bond acceptors (Lipinski definition) is 4. The van der Waals surface area contributed by atoms with Crippen molar-refractivity contribution in [1.29, 1.82) is 0 Å². The molecule has 2 bridgehead atoms. The summed E-state index contributed by atoms with van der Waals surface area (Å²) in [6, 6.07) is 2.35. The molecule has 3 heterocycles. The number of carbonyl (C=O) groups excluding carboxylic acids is 1. The third-order valence-corrected chi connectivity index (χ3v) is 5.37. The maximum absolute atomic E-state index is 13.2. The maximum atomic E-state index is 13.2. The van der Waals surface area contributed by atoms with Crippen LogP contribution in [0.1, 0.15) is 66.5 Å². The first-order valence-corrected chi connectivity index (χ1v) is 9.15. The van der Waals surface area contributed by atoms with Crippen molar-refractivity contribution in [2.75, 3.05) is 6.54 Å². The molecule has 1 saturated heterocycles. The Morgan fingerprint density at radius 1 is 1.20 bits per heavy atom. The van der Waals surface area contributed by atoms with E-state index in [4.69, 9.17) is 0 Å². The SMILES string of the molecule is Cc1cc(C)nc(-n2cc(C(=O)N3CC4CCC3C4)c(C(C)C)n2)n1. The van der Waals surface area contributed by atoms with Crippen molar-refractivity contribution >= 4 is 5.91 Å². The zero-order valence-corrected chi connectivity index (χ0v) is 15.4. The number of piperidine rings is 1. The van der Waals surface area contributed by atoms with E-state index in [0.717, 1.165) is 36.5 Å². The highest BCUT2D eigenvalue weighted by molar-refractivity contribution is 5.96. The molecule has 0 radical (unpaired) electrons. The van der Waals surface area contributed by atoms with E-state index in [9.17, 15) is 4.79 Å². The van der Waals surface area contributed by atoms with Gasteiger partial charge in [0.2, 0.25) is 0 Å². The van der Waals surface area contributed by atoms with Gasteiger partial charge in [0.1, 0.15) is 0 Å². The molecule has 1 saturated carbocycles. The highest BCUT2D eigenvalue weighted by Gasteiger charge is 2.41. The Labute approximate surface area is 148 Å². The van der Waals surface area contributed by atoms with Gasteiger partial charge in [-0.05, 0) is 51.0 Å². The van der Waals surface area contributed by atoms with Gasteiger partial charge in [-0.2, -0.15) is 5.10 Å². The van der Waals surface area contributed by atoms with Crippen LogP contribution in [0.3, 0.4) is 0 Å². The summed E-state index contributed by atoms with van der Waals surface area (Å²) in [5, 5.41) is 4.66. The minimum Gasteiger partial charge on any atom is -0.335 e. The van der Waals surface area contributed by atoms with Crippen molar-refractivity contribution in [2.45, 2.75) is 58.9 Å². The normalized spacial score (nSPS) is 22.2. The van der Waals surface area contributed by atoms with Crippen LogP contribution in [0, 0.1) is 19.8 Å². The molecule has 0 aromatic carbocycles. The predicted octanol–water partition coefficient (Wildman–Crippen LogP) is 3.03. The Morgan fingerprint density at radius 2 is 1.92 bits per heavy atom. The average molecular weight is 339 g/mol. The van der Waals surface area contributed by atoms with Crippen molar-refractivity contribution in [3.8, 4) is 5.95 Å².